The molecule has 0 spiro atoms. The highest BCUT2D eigenvalue weighted by Gasteiger charge is 2.45. The Morgan fingerprint density at radius 2 is 1.53 bits per heavy atom. The van der Waals surface area contributed by atoms with Crippen molar-refractivity contribution in [3.63, 3.8) is 0 Å². The molecule has 0 aromatic heterocycles. The second-order valence-electron chi connectivity index (χ2n) is 6.72. The summed E-state index contributed by atoms with van der Waals surface area (Å²) in [6.07, 6.45) is -5.30. The van der Waals surface area contributed by atoms with Crippen LogP contribution >= 0.6 is 15.9 Å². The van der Waals surface area contributed by atoms with E-state index in [2.05, 4.69) is 15.9 Å². The van der Waals surface area contributed by atoms with Gasteiger partial charge >= 0.3 is 12.1 Å². The van der Waals surface area contributed by atoms with Crippen molar-refractivity contribution in [3.05, 3.63) is 105 Å². The second-order valence-corrected chi connectivity index (χ2v) is 7.63. The van der Waals surface area contributed by atoms with E-state index < -0.39 is 34.8 Å². The SMILES string of the molecule is O=C(O)C(Cc1ccc(Br)cc1)(c1cccc(F)c1)c1ccc(F)c(C(F)(F)F)c1. The molecule has 3 rings (SSSR count). The molecule has 1 unspecified atom stereocenters. The van der Waals surface area contributed by atoms with Crippen LogP contribution < -0.4 is 0 Å². The van der Waals surface area contributed by atoms with Crippen molar-refractivity contribution in [2.24, 2.45) is 0 Å². The Morgan fingerprint density at radius 3 is 2.10 bits per heavy atom. The van der Waals surface area contributed by atoms with Gasteiger partial charge in [-0.3, -0.25) is 4.79 Å². The van der Waals surface area contributed by atoms with Crippen LogP contribution in [0.1, 0.15) is 22.3 Å². The highest BCUT2D eigenvalue weighted by Crippen LogP contribution is 2.40. The fourth-order valence-corrected chi connectivity index (χ4v) is 3.63. The van der Waals surface area contributed by atoms with Gasteiger partial charge in [-0.1, -0.05) is 46.3 Å². The monoisotopic (exact) mass is 484 g/mol. The zero-order valence-corrected chi connectivity index (χ0v) is 16.8. The van der Waals surface area contributed by atoms with Crippen molar-refractivity contribution in [1.82, 2.24) is 0 Å². The molecule has 0 saturated heterocycles. The molecule has 0 amide bonds. The van der Waals surface area contributed by atoms with Crippen LogP contribution in [0, 0.1) is 11.6 Å². The molecule has 0 fully saturated rings. The molecular formula is C22H14BrF5O2. The van der Waals surface area contributed by atoms with Crippen LogP contribution in [0.15, 0.2) is 71.2 Å². The van der Waals surface area contributed by atoms with Gasteiger partial charge in [0.05, 0.1) is 5.56 Å². The lowest BCUT2D eigenvalue weighted by molar-refractivity contribution is -0.143. The summed E-state index contributed by atoms with van der Waals surface area (Å²) in [6, 6.07) is 13.2. The lowest BCUT2D eigenvalue weighted by Gasteiger charge is -2.31. The summed E-state index contributed by atoms with van der Waals surface area (Å²) >= 11 is 3.26. The van der Waals surface area contributed by atoms with E-state index >= 15 is 0 Å². The minimum Gasteiger partial charge on any atom is -0.480 e. The molecule has 1 atom stereocenters. The lowest BCUT2D eigenvalue weighted by atomic mass is 9.70. The predicted molar refractivity (Wildman–Crippen MR) is 104 cm³/mol. The number of carboxylic acid groups (broad SMARTS) is 1. The van der Waals surface area contributed by atoms with Crippen LogP contribution in [0.4, 0.5) is 22.0 Å². The van der Waals surface area contributed by atoms with Gasteiger partial charge in [0.2, 0.25) is 0 Å². The fraction of sp³-hybridized carbons (Fsp3) is 0.136. The molecule has 2 nitrogen and oxygen atoms in total. The van der Waals surface area contributed by atoms with Crippen molar-refractivity contribution in [1.29, 1.82) is 0 Å². The molecule has 0 heterocycles. The van der Waals surface area contributed by atoms with Crippen LogP contribution in [-0.4, -0.2) is 11.1 Å². The van der Waals surface area contributed by atoms with Crippen molar-refractivity contribution < 1.29 is 31.9 Å². The second kappa shape index (κ2) is 8.18. The third-order valence-electron chi connectivity index (χ3n) is 4.83. The van der Waals surface area contributed by atoms with E-state index in [1.165, 1.54) is 12.1 Å². The van der Waals surface area contributed by atoms with Crippen LogP contribution in [-0.2, 0) is 22.8 Å². The Bertz CT molecular complexity index is 1080. The summed E-state index contributed by atoms with van der Waals surface area (Å²) in [5.74, 6) is -3.75. The Morgan fingerprint density at radius 1 is 0.900 bits per heavy atom. The molecule has 156 valence electrons. The summed E-state index contributed by atoms with van der Waals surface area (Å²) in [5.41, 5.74) is -3.54. The van der Waals surface area contributed by atoms with Gasteiger partial charge in [0.25, 0.3) is 0 Å². The van der Waals surface area contributed by atoms with Crippen LogP contribution in [0.3, 0.4) is 0 Å². The van der Waals surface area contributed by atoms with Gasteiger partial charge in [-0.2, -0.15) is 13.2 Å². The smallest absolute Gasteiger partial charge is 0.419 e. The average Bonchev–Trinajstić information content (AvgIpc) is 2.67. The summed E-state index contributed by atoms with van der Waals surface area (Å²) in [5, 5.41) is 10.2. The largest absolute Gasteiger partial charge is 0.480 e. The summed E-state index contributed by atoms with van der Waals surface area (Å²) in [7, 11) is 0. The normalized spacial score (nSPS) is 13.7. The maximum Gasteiger partial charge on any atom is 0.419 e. The maximum atomic E-state index is 14.0. The molecule has 0 saturated carbocycles. The third-order valence-corrected chi connectivity index (χ3v) is 5.36. The van der Waals surface area contributed by atoms with Crippen LogP contribution in [0.2, 0.25) is 0 Å². The van der Waals surface area contributed by atoms with E-state index in [0.717, 1.165) is 22.7 Å². The topological polar surface area (TPSA) is 37.3 Å². The number of hydrogen-bond donors (Lipinski definition) is 1. The van der Waals surface area contributed by atoms with E-state index in [0.29, 0.717) is 17.7 Å². The van der Waals surface area contributed by atoms with Crippen LogP contribution in [0.5, 0.6) is 0 Å². The number of hydrogen-bond acceptors (Lipinski definition) is 1. The van der Waals surface area contributed by atoms with Gasteiger partial charge in [-0.25, -0.2) is 8.78 Å². The van der Waals surface area contributed by atoms with E-state index in [9.17, 15) is 31.9 Å². The Hall–Kier alpha value is -2.74. The summed E-state index contributed by atoms with van der Waals surface area (Å²) < 4.78 is 68.5. The quantitative estimate of drug-likeness (QED) is 0.428. The number of carbonyl (C=O) groups is 1. The molecule has 1 N–H and O–H groups in total. The van der Waals surface area contributed by atoms with E-state index in [4.69, 9.17) is 0 Å². The van der Waals surface area contributed by atoms with Gasteiger partial charge in [-0.15, -0.1) is 0 Å². The van der Waals surface area contributed by atoms with Gasteiger partial charge in [0.1, 0.15) is 17.0 Å². The standard InChI is InChI=1S/C22H14BrF5O2/c23-16-7-4-13(5-8-16)12-21(20(29)30,14-2-1-3-17(24)10-14)15-6-9-19(25)18(11-15)22(26,27)28/h1-11H,12H2,(H,29,30). The van der Waals surface area contributed by atoms with Crippen molar-refractivity contribution >= 4 is 21.9 Å². The van der Waals surface area contributed by atoms with Gasteiger partial charge in [-0.05, 0) is 59.5 Å². The zero-order valence-electron chi connectivity index (χ0n) is 15.2. The molecule has 3 aromatic rings. The van der Waals surface area contributed by atoms with E-state index in [1.54, 1.807) is 24.3 Å². The number of benzene rings is 3. The van der Waals surface area contributed by atoms with Crippen LogP contribution in [0.25, 0.3) is 0 Å². The minimum absolute atomic E-state index is 0.0577. The first-order valence-electron chi connectivity index (χ1n) is 8.65. The lowest BCUT2D eigenvalue weighted by Crippen LogP contribution is -2.40. The minimum atomic E-state index is -5.02. The van der Waals surface area contributed by atoms with Crippen molar-refractivity contribution in [2.45, 2.75) is 18.0 Å². The number of aliphatic carboxylic acids is 1. The number of halogens is 6. The molecular weight excluding hydrogens is 471 g/mol. The van der Waals surface area contributed by atoms with Gasteiger partial charge in [0, 0.05) is 4.47 Å². The highest BCUT2D eigenvalue weighted by atomic mass is 79.9. The average molecular weight is 485 g/mol. The van der Waals surface area contributed by atoms with E-state index in [1.807, 2.05) is 0 Å². The van der Waals surface area contributed by atoms with Crippen molar-refractivity contribution in [3.8, 4) is 0 Å². The molecule has 0 bridgehead atoms. The molecule has 0 radical (unpaired) electrons. The first-order chi connectivity index (χ1) is 14.0. The first kappa shape index (κ1) is 22.0. The van der Waals surface area contributed by atoms with E-state index in [-0.39, 0.29) is 17.5 Å². The number of alkyl halides is 3. The number of rotatable bonds is 5. The fourth-order valence-electron chi connectivity index (χ4n) is 3.36. The number of carboxylic acids is 1. The Balaban J connectivity index is 2.31. The molecule has 0 aliphatic heterocycles. The predicted octanol–water partition coefficient (Wildman–Crippen LogP) is 6.36. The van der Waals surface area contributed by atoms with Gasteiger partial charge < -0.3 is 5.11 Å². The maximum absolute atomic E-state index is 14.0. The molecule has 3 aromatic carbocycles. The Labute approximate surface area is 177 Å². The summed E-state index contributed by atoms with van der Waals surface area (Å²) in [4.78, 5) is 12.5. The summed E-state index contributed by atoms with van der Waals surface area (Å²) in [6.45, 7) is 0. The van der Waals surface area contributed by atoms with Gasteiger partial charge in [0.15, 0.2) is 0 Å². The Kier molecular flexibility index (Phi) is 5.99. The molecule has 0 aliphatic rings. The first-order valence-corrected chi connectivity index (χ1v) is 9.44. The molecule has 30 heavy (non-hydrogen) atoms. The highest BCUT2D eigenvalue weighted by molar-refractivity contribution is 9.10. The zero-order chi connectivity index (χ0) is 22.1. The third kappa shape index (κ3) is 4.23. The molecule has 0 aliphatic carbocycles. The molecule has 8 heteroatoms. The van der Waals surface area contributed by atoms with Crippen molar-refractivity contribution in [2.75, 3.05) is 0 Å².